The van der Waals surface area contributed by atoms with Gasteiger partial charge in [0.2, 0.25) is 0 Å². The summed E-state index contributed by atoms with van der Waals surface area (Å²) in [5.41, 5.74) is 5.24. The van der Waals surface area contributed by atoms with Crippen LogP contribution < -0.4 is 4.90 Å². The van der Waals surface area contributed by atoms with Crippen LogP contribution in [0.25, 0.3) is 52.9 Å². The number of anilines is 3. The van der Waals surface area contributed by atoms with E-state index >= 15 is 0 Å². The quantitative estimate of drug-likeness (QED) is 0.244. The van der Waals surface area contributed by atoms with Gasteiger partial charge in [0.05, 0.1) is 0 Å². The highest BCUT2D eigenvalue weighted by molar-refractivity contribution is 7.25. The minimum Gasteiger partial charge on any atom is -0.456 e. The number of hydrogen-bond acceptors (Lipinski definition) is 3. The molecule has 0 aliphatic carbocycles. The zero-order chi connectivity index (χ0) is 24.3. The van der Waals surface area contributed by atoms with Crippen molar-refractivity contribution in [1.29, 1.82) is 0 Å². The molecule has 2 aromatic heterocycles. The topological polar surface area (TPSA) is 16.4 Å². The lowest BCUT2D eigenvalue weighted by atomic mass is 10.0. The van der Waals surface area contributed by atoms with Crippen molar-refractivity contribution in [2.45, 2.75) is 0 Å². The SMILES string of the molecule is c1ccc(N(c2ccc3sc4ccccc4c3c2)c2ccc3ccc4oc5ccccc5c4c3c2)cc1. The van der Waals surface area contributed by atoms with Crippen molar-refractivity contribution >= 4 is 81.3 Å². The van der Waals surface area contributed by atoms with Gasteiger partial charge in [-0.1, -0.05) is 66.7 Å². The summed E-state index contributed by atoms with van der Waals surface area (Å²) < 4.78 is 8.83. The third kappa shape index (κ3) is 3.18. The average molecular weight is 492 g/mol. The van der Waals surface area contributed by atoms with Crippen LogP contribution in [0.4, 0.5) is 17.1 Å². The van der Waals surface area contributed by atoms with E-state index in [-0.39, 0.29) is 0 Å². The summed E-state index contributed by atoms with van der Waals surface area (Å²) in [7, 11) is 0. The van der Waals surface area contributed by atoms with Crippen molar-refractivity contribution in [3.05, 3.63) is 127 Å². The van der Waals surface area contributed by atoms with Crippen LogP contribution in [-0.2, 0) is 0 Å². The van der Waals surface area contributed by atoms with E-state index in [1.54, 1.807) is 0 Å². The Morgan fingerprint density at radius 1 is 0.459 bits per heavy atom. The zero-order valence-corrected chi connectivity index (χ0v) is 20.7. The van der Waals surface area contributed by atoms with Gasteiger partial charge in [0, 0.05) is 48.0 Å². The molecule has 0 N–H and O–H groups in total. The second-order valence-corrected chi connectivity index (χ2v) is 10.5. The van der Waals surface area contributed by atoms with E-state index in [0.717, 1.165) is 33.6 Å². The van der Waals surface area contributed by atoms with Crippen LogP contribution in [0, 0.1) is 0 Å². The number of rotatable bonds is 3. The van der Waals surface area contributed by atoms with E-state index in [2.05, 4.69) is 120 Å². The Morgan fingerprint density at radius 3 is 2.03 bits per heavy atom. The summed E-state index contributed by atoms with van der Waals surface area (Å²) >= 11 is 1.85. The van der Waals surface area contributed by atoms with Crippen LogP contribution in [-0.4, -0.2) is 0 Å². The summed E-state index contributed by atoms with van der Waals surface area (Å²) in [4.78, 5) is 2.35. The Balaban J connectivity index is 1.40. The smallest absolute Gasteiger partial charge is 0.136 e. The number of fused-ring (bicyclic) bond motifs is 8. The van der Waals surface area contributed by atoms with Crippen LogP contribution in [0.15, 0.2) is 132 Å². The summed E-state index contributed by atoms with van der Waals surface area (Å²) in [6.07, 6.45) is 0. The molecule has 6 aromatic carbocycles. The van der Waals surface area contributed by atoms with Crippen LogP contribution >= 0.6 is 11.3 Å². The van der Waals surface area contributed by atoms with Gasteiger partial charge in [-0.2, -0.15) is 0 Å². The molecule has 0 radical (unpaired) electrons. The van der Waals surface area contributed by atoms with Gasteiger partial charge in [0.1, 0.15) is 11.2 Å². The van der Waals surface area contributed by atoms with E-state index in [9.17, 15) is 0 Å². The molecule has 0 saturated heterocycles. The molecule has 0 aliphatic heterocycles. The first-order chi connectivity index (χ1) is 18.3. The van der Waals surface area contributed by atoms with Gasteiger partial charge in [-0.25, -0.2) is 0 Å². The van der Waals surface area contributed by atoms with Crippen LogP contribution in [0.5, 0.6) is 0 Å². The highest BCUT2D eigenvalue weighted by Crippen LogP contribution is 2.42. The van der Waals surface area contributed by atoms with E-state index in [1.807, 2.05) is 23.5 Å². The number of benzene rings is 6. The Morgan fingerprint density at radius 2 is 1.14 bits per heavy atom. The van der Waals surface area contributed by atoms with Gasteiger partial charge < -0.3 is 9.32 Å². The van der Waals surface area contributed by atoms with Gasteiger partial charge in [-0.3, -0.25) is 0 Å². The van der Waals surface area contributed by atoms with Crippen LogP contribution in [0.3, 0.4) is 0 Å². The molecule has 0 bridgehead atoms. The highest BCUT2D eigenvalue weighted by atomic mass is 32.1. The molecule has 0 amide bonds. The van der Waals surface area contributed by atoms with E-state index < -0.39 is 0 Å². The van der Waals surface area contributed by atoms with E-state index in [1.165, 1.54) is 36.3 Å². The molecule has 0 atom stereocenters. The molecule has 0 unspecified atom stereocenters. The molecule has 0 saturated carbocycles. The maximum atomic E-state index is 6.20. The standard InChI is InChI=1S/C34H21NOS/c1-2-8-23(9-3-1)35(25-17-19-33-29(21-25)26-10-5-7-13-32(26)37-33)24-16-14-22-15-18-31-34(28(22)20-24)27-11-4-6-12-30(27)36-31/h1-21H. The van der Waals surface area contributed by atoms with Crippen molar-refractivity contribution in [3.63, 3.8) is 0 Å². The fraction of sp³-hybridized carbons (Fsp3) is 0. The molecular weight excluding hydrogens is 470 g/mol. The van der Waals surface area contributed by atoms with Crippen molar-refractivity contribution in [2.24, 2.45) is 0 Å². The second kappa shape index (κ2) is 7.95. The lowest BCUT2D eigenvalue weighted by Gasteiger charge is -2.26. The third-order valence-corrected chi connectivity index (χ3v) is 8.39. The summed E-state index contributed by atoms with van der Waals surface area (Å²) in [6.45, 7) is 0. The third-order valence-electron chi connectivity index (χ3n) is 7.23. The second-order valence-electron chi connectivity index (χ2n) is 9.39. The number of hydrogen-bond donors (Lipinski definition) is 0. The normalized spacial score (nSPS) is 11.8. The van der Waals surface area contributed by atoms with Crippen molar-refractivity contribution < 1.29 is 4.42 Å². The minimum atomic E-state index is 0.920. The molecule has 8 rings (SSSR count). The maximum absolute atomic E-state index is 6.20. The van der Waals surface area contributed by atoms with Crippen molar-refractivity contribution in [1.82, 2.24) is 0 Å². The van der Waals surface area contributed by atoms with E-state index in [4.69, 9.17) is 4.42 Å². The van der Waals surface area contributed by atoms with Crippen LogP contribution in [0.2, 0.25) is 0 Å². The predicted octanol–water partition coefficient (Wildman–Crippen LogP) is 10.6. The van der Waals surface area contributed by atoms with E-state index in [0.29, 0.717) is 0 Å². The summed E-state index contributed by atoms with van der Waals surface area (Å²) in [6, 6.07) is 45.4. The lowest BCUT2D eigenvalue weighted by molar-refractivity contribution is 0.669. The molecule has 174 valence electrons. The first-order valence-corrected chi connectivity index (χ1v) is 13.3. The Kier molecular flexibility index (Phi) is 4.42. The summed E-state index contributed by atoms with van der Waals surface area (Å²) in [5, 5.41) is 7.32. The number of para-hydroxylation sites is 2. The van der Waals surface area contributed by atoms with Gasteiger partial charge in [0.15, 0.2) is 0 Å². The molecule has 2 heterocycles. The Hall–Kier alpha value is -4.60. The monoisotopic (exact) mass is 491 g/mol. The first kappa shape index (κ1) is 20.6. The Bertz CT molecular complexity index is 2100. The lowest BCUT2D eigenvalue weighted by Crippen LogP contribution is -2.09. The molecule has 0 spiro atoms. The summed E-state index contributed by atoms with van der Waals surface area (Å²) in [5.74, 6) is 0. The van der Waals surface area contributed by atoms with Crippen LogP contribution in [0.1, 0.15) is 0 Å². The number of nitrogens with zero attached hydrogens (tertiary/aromatic N) is 1. The molecule has 37 heavy (non-hydrogen) atoms. The molecule has 0 aliphatic rings. The van der Waals surface area contributed by atoms with Gasteiger partial charge in [-0.05, 0) is 71.4 Å². The van der Waals surface area contributed by atoms with Gasteiger partial charge in [-0.15, -0.1) is 11.3 Å². The minimum absolute atomic E-state index is 0.920. The molecule has 3 heteroatoms. The zero-order valence-electron chi connectivity index (χ0n) is 19.9. The predicted molar refractivity (Wildman–Crippen MR) is 159 cm³/mol. The fourth-order valence-electron chi connectivity index (χ4n) is 5.55. The van der Waals surface area contributed by atoms with Crippen molar-refractivity contribution in [2.75, 3.05) is 4.90 Å². The number of thiophene rings is 1. The van der Waals surface area contributed by atoms with Gasteiger partial charge >= 0.3 is 0 Å². The molecule has 0 fully saturated rings. The van der Waals surface area contributed by atoms with Crippen molar-refractivity contribution in [3.8, 4) is 0 Å². The Labute approximate surface area is 217 Å². The highest BCUT2D eigenvalue weighted by Gasteiger charge is 2.17. The maximum Gasteiger partial charge on any atom is 0.136 e. The molecule has 2 nitrogen and oxygen atoms in total. The molecular formula is C34H21NOS. The molecule has 8 aromatic rings. The fourth-order valence-corrected chi connectivity index (χ4v) is 6.63. The first-order valence-electron chi connectivity index (χ1n) is 12.4. The number of furan rings is 1. The largest absolute Gasteiger partial charge is 0.456 e. The average Bonchev–Trinajstić information content (AvgIpc) is 3.52. The van der Waals surface area contributed by atoms with Gasteiger partial charge in [0.25, 0.3) is 0 Å².